The molecule has 5 rings (SSSR count). The lowest BCUT2D eigenvalue weighted by molar-refractivity contribution is 0.112. The number of rotatable bonds is 6. The molecule has 32 heavy (non-hydrogen) atoms. The van der Waals surface area contributed by atoms with Crippen LogP contribution in [0, 0.1) is 0 Å². The maximum absolute atomic E-state index is 13.3. The molecule has 0 saturated heterocycles. The lowest BCUT2D eigenvalue weighted by atomic mass is 9.95. The van der Waals surface area contributed by atoms with Gasteiger partial charge >= 0.3 is 0 Å². The number of sulfone groups is 1. The fourth-order valence-corrected chi connectivity index (χ4v) is 6.45. The van der Waals surface area contributed by atoms with Gasteiger partial charge < -0.3 is 15.4 Å². The molecule has 3 aromatic rings. The molecule has 1 saturated carbocycles. The Morgan fingerprint density at radius 3 is 2.53 bits per heavy atom. The van der Waals surface area contributed by atoms with Crippen molar-refractivity contribution in [2.45, 2.75) is 61.0 Å². The molecule has 0 bridgehead atoms. The first-order valence-electron chi connectivity index (χ1n) is 11.0. The predicted octanol–water partition coefficient (Wildman–Crippen LogP) is 4.93. The van der Waals surface area contributed by atoms with Crippen molar-refractivity contribution in [1.82, 2.24) is 9.97 Å². The third-order valence-corrected chi connectivity index (χ3v) is 8.59. The van der Waals surface area contributed by atoms with E-state index in [2.05, 4.69) is 20.6 Å². The van der Waals surface area contributed by atoms with E-state index in [-0.39, 0.29) is 9.79 Å². The molecule has 2 N–H and O–H groups in total. The van der Waals surface area contributed by atoms with Crippen LogP contribution in [-0.4, -0.2) is 31.0 Å². The summed E-state index contributed by atoms with van der Waals surface area (Å²) in [4.78, 5) is 10.9. The molecule has 0 radical (unpaired) electrons. The molecule has 0 spiro atoms. The highest BCUT2D eigenvalue weighted by atomic mass is 32.2. The van der Waals surface area contributed by atoms with Gasteiger partial charge in [0.15, 0.2) is 5.13 Å². The summed E-state index contributed by atoms with van der Waals surface area (Å²) in [6, 6.07) is 12.0. The number of benzene rings is 1. The van der Waals surface area contributed by atoms with E-state index in [0.717, 1.165) is 29.8 Å². The Labute approximate surface area is 192 Å². The first-order chi connectivity index (χ1) is 15.6. The number of anilines is 3. The van der Waals surface area contributed by atoms with Crippen LogP contribution in [0.25, 0.3) is 0 Å². The highest BCUT2D eigenvalue weighted by Gasteiger charge is 2.22. The summed E-state index contributed by atoms with van der Waals surface area (Å²) in [6.45, 7) is 1.24. The molecule has 1 aromatic carbocycles. The van der Waals surface area contributed by atoms with Gasteiger partial charge in [0.05, 0.1) is 33.6 Å². The summed E-state index contributed by atoms with van der Waals surface area (Å²) in [5.41, 5.74) is 1.04. The first-order valence-corrected chi connectivity index (χ1v) is 13.3. The number of nitrogens with one attached hydrogen (secondary N) is 2. The molecule has 1 aliphatic carbocycles. The summed E-state index contributed by atoms with van der Waals surface area (Å²) in [6.07, 6.45) is 6.53. The van der Waals surface area contributed by atoms with E-state index in [9.17, 15) is 8.42 Å². The molecular weight excluding hydrogens is 444 g/mol. The van der Waals surface area contributed by atoms with Crippen molar-refractivity contribution < 1.29 is 13.2 Å². The van der Waals surface area contributed by atoms with Crippen LogP contribution in [0.3, 0.4) is 0 Å². The van der Waals surface area contributed by atoms with Crippen LogP contribution >= 0.6 is 11.3 Å². The predicted molar refractivity (Wildman–Crippen MR) is 125 cm³/mol. The molecule has 1 aliphatic heterocycles. The third-order valence-electron chi connectivity index (χ3n) is 5.85. The lowest BCUT2D eigenvalue weighted by Gasteiger charge is -2.23. The summed E-state index contributed by atoms with van der Waals surface area (Å²) in [5, 5.41) is 7.41. The van der Waals surface area contributed by atoms with Crippen molar-refractivity contribution >= 4 is 37.9 Å². The van der Waals surface area contributed by atoms with Crippen LogP contribution in [-0.2, 0) is 27.6 Å². The summed E-state index contributed by atoms with van der Waals surface area (Å²) in [7, 11) is -3.68. The van der Waals surface area contributed by atoms with Gasteiger partial charge in [0.25, 0.3) is 0 Å². The largest absolute Gasteiger partial charge is 0.375 e. The van der Waals surface area contributed by atoms with Crippen LogP contribution < -0.4 is 10.6 Å². The molecule has 0 atom stereocenters. The van der Waals surface area contributed by atoms with Crippen molar-refractivity contribution in [2.75, 3.05) is 17.2 Å². The van der Waals surface area contributed by atoms with Gasteiger partial charge in [-0.2, -0.15) is 0 Å². The summed E-state index contributed by atoms with van der Waals surface area (Å²) in [5.74, 6) is 1.04. The smallest absolute Gasteiger partial charge is 0.206 e. The standard InChI is InChI=1S/C23H26N4O3S2/c28-32(29,17-9-5-2-6-10-17)18-13-21(24-16-7-3-1-4-8-16)26-22(14-18)27-23-25-19-11-12-30-15-20(19)31-23/h2,5-6,9-10,13-14,16H,1,3-4,7-8,11-12,15H2,(H2,24,25,26,27). The maximum Gasteiger partial charge on any atom is 0.206 e. The van der Waals surface area contributed by atoms with E-state index in [1.54, 1.807) is 36.4 Å². The molecule has 7 nitrogen and oxygen atoms in total. The summed E-state index contributed by atoms with van der Waals surface area (Å²) < 4.78 is 32.2. The van der Waals surface area contributed by atoms with Crippen molar-refractivity contribution in [1.29, 1.82) is 0 Å². The minimum absolute atomic E-state index is 0.212. The highest BCUT2D eigenvalue weighted by Crippen LogP contribution is 2.32. The van der Waals surface area contributed by atoms with Crippen molar-refractivity contribution in [3.8, 4) is 0 Å². The molecular formula is C23H26N4O3S2. The van der Waals surface area contributed by atoms with Crippen LogP contribution in [0.2, 0.25) is 0 Å². The topological polar surface area (TPSA) is 93.2 Å². The van der Waals surface area contributed by atoms with Gasteiger partial charge in [0.1, 0.15) is 11.6 Å². The second-order valence-corrected chi connectivity index (χ2v) is 11.2. The van der Waals surface area contributed by atoms with Gasteiger partial charge in [-0.05, 0) is 31.0 Å². The second-order valence-electron chi connectivity index (χ2n) is 8.19. The van der Waals surface area contributed by atoms with Crippen molar-refractivity contribution in [3.05, 3.63) is 53.0 Å². The lowest BCUT2D eigenvalue weighted by Crippen LogP contribution is -2.23. The number of hydrogen-bond acceptors (Lipinski definition) is 8. The number of hydrogen-bond donors (Lipinski definition) is 2. The van der Waals surface area contributed by atoms with Gasteiger partial charge in [-0.1, -0.05) is 48.8 Å². The minimum Gasteiger partial charge on any atom is -0.375 e. The van der Waals surface area contributed by atoms with Crippen LogP contribution in [0.15, 0.2) is 52.3 Å². The number of ether oxygens (including phenoxy) is 1. The number of aromatic nitrogens is 2. The van der Waals surface area contributed by atoms with Crippen molar-refractivity contribution in [3.63, 3.8) is 0 Å². The SMILES string of the molecule is O=S(=O)(c1ccccc1)c1cc(Nc2nc3c(s2)COCC3)nc(NC2CCCCC2)c1. The van der Waals surface area contributed by atoms with Gasteiger partial charge in [-0.25, -0.2) is 18.4 Å². The Morgan fingerprint density at radius 2 is 1.75 bits per heavy atom. The Bertz CT molecular complexity index is 1170. The van der Waals surface area contributed by atoms with Gasteiger partial charge in [0, 0.05) is 18.5 Å². The monoisotopic (exact) mass is 470 g/mol. The average Bonchev–Trinajstić information content (AvgIpc) is 3.22. The van der Waals surface area contributed by atoms with E-state index in [1.807, 2.05) is 6.07 Å². The second kappa shape index (κ2) is 9.17. The third kappa shape index (κ3) is 4.65. The van der Waals surface area contributed by atoms with E-state index in [1.165, 1.54) is 30.6 Å². The van der Waals surface area contributed by atoms with E-state index in [4.69, 9.17) is 4.74 Å². The highest BCUT2D eigenvalue weighted by molar-refractivity contribution is 7.91. The Morgan fingerprint density at radius 1 is 0.969 bits per heavy atom. The molecule has 0 amide bonds. The Kier molecular flexibility index (Phi) is 6.12. The van der Waals surface area contributed by atoms with E-state index >= 15 is 0 Å². The normalized spacial score (nSPS) is 17.0. The summed E-state index contributed by atoms with van der Waals surface area (Å²) >= 11 is 1.52. The van der Waals surface area contributed by atoms with E-state index < -0.39 is 9.84 Å². The number of pyridine rings is 1. The van der Waals surface area contributed by atoms with Gasteiger partial charge in [-0.3, -0.25) is 0 Å². The Balaban J connectivity index is 1.49. The van der Waals surface area contributed by atoms with Crippen molar-refractivity contribution in [2.24, 2.45) is 0 Å². The number of thiazole rings is 1. The van der Waals surface area contributed by atoms with E-state index in [0.29, 0.717) is 36.0 Å². The van der Waals surface area contributed by atoms with Gasteiger partial charge in [-0.15, -0.1) is 0 Å². The van der Waals surface area contributed by atoms with Crippen LogP contribution in [0.1, 0.15) is 42.7 Å². The van der Waals surface area contributed by atoms with Gasteiger partial charge in [0.2, 0.25) is 9.84 Å². The number of fused-ring (bicyclic) bond motifs is 1. The van der Waals surface area contributed by atoms with Crippen LogP contribution in [0.5, 0.6) is 0 Å². The fraction of sp³-hybridized carbons (Fsp3) is 0.391. The molecule has 2 aliphatic rings. The molecule has 168 valence electrons. The average molecular weight is 471 g/mol. The minimum atomic E-state index is -3.68. The molecule has 3 heterocycles. The molecule has 0 unspecified atom stereocenters. The molecule has 9 heteroatoms. The number of nitrogens with zero attached hydrogens (tertiary/aromatic N) is 2. The zero-order valence-corrected chi connectivity index (χ0v) is 19.3. The quantitative estimate of drug-likeness (QED) is 0.527. The van der Waals surface area contributed by atoms with Crippen LogP contribution in [0.4, 0.5) is 16.8 Å². The molecule has 2 aromatic heterocycles. The first kappa shape index (κ1) is 21.4. The zero-order chi connectivity index (χ0) is 22.0. The maximum atomic E-state index is 13.3. The Hall–Kier alpha value is -2.49. The molecule has 1 fully saturated rings. The fourth-order valence-electron chi connectivity index (χ4n) is 4.18. The zero-order valence-electron chi connectivity index (χ0n) is 17.7.